The van der Waals surface area contributed by atoms with Gasteiger partial charge in [-0.05, 0) is 36.4 Å². The molecule has 0 atom stereocenters. The molecule has 2 rings (SSSR count). The zero-order valence-electron chi connectivity index (χ0n) is 12.6. The van der Waals surface area contributed by atoms with Crippen LogP contribution in [0.1, 0.15) is 5.56 Å². The smallest absolute Gasteiger partial charge is 0.360 e. The van der Waals surface area contributed by atoms with E-state index in [2.05, 4.69) is 10.6 Å². The van der Waals surface area contributed by atoms with Gasteiger partial charge in [-0.1, -0.05) is 23.7 Å². The molecule has 0 heterocycles. The van der Waals surface area contributed by atoms with Gasteiger partial charge in [-0.3, -0.25) is 4.79 Å². The maximum absolute atomic E-state index is 12.9. The third kappa shape index (κ3) is 4.99. The fraction of sp³-hybridized carbons (Fsp3) is 0.0588. The monoisotopic (exact) mass is 365 g/mol. The Morgan fingerprint density at radius 2 is 1.76 bits per heavy atom. The summed E-state index contributed by atoms with van der Waals surface area (Å²) in [5, 5.41) is 14.4. The van der Waals surface area contributed by atoms with Crippen LogP contribution in [-0.4, -0.2) is 5.91 Å². The van der Waals surface area contributed by atoms with E-state index in [1.54, 1.807) is 30.3 Å². The highest BCUT2D eigenvalue weighted by Crippen LogP contribution is 2.34. The predicted octanol–water partition coefficient (Wildman–Crippen LogP) is 4.82. The summed E-state index contributed by atoms with van der Waals surface area (Å²) in [5.41, 5.74) is -1.24. The van der Waals surface area contributed by atoms with Gasteiger partial charge < -0.3 is 10.6 Å². The summed E-state index contributed by atoms with van der Waals surface area (Å²) in [6.45, 7) is 0. The van der Waals surface area contributed by atoms with Crippen LogP contribution in [0.2, 0.25) is 5.02 Å². The molecule has 0 fully saturated rings. The van der Waals surface area contributed by atoms with Crippen LogP contribution in [0, 0.1) is 11.3 Å². The molecule has 0 radical (unpaired) electrons. The quantitative estimate of drug-likeness (QED) is 0.603. The number of amides is 1. The summed E-state index contributed by atoms with van der Waals surface area (Å²) in [7, 11) is 0. The van der Waals surface area contributed by atoms with Gasteiger partial charge in [-0.2, -0.15) is 18.4 Å². The number of nitriles is 1. The van der Waals surface area contributed by atoms with E-state index >= 15 is 0 Å². The van der Waals surface area contributed by atoms with E-state index in [-0.39, 0.29) is 5.57 Å². The zero-order valence-corrected chi connectivity index (χ0v) is 13.3. The largest absolute Gasteiger partial charge is 0.418 e. The van der Waals surface area contributed by atoms with Crippen LogP contribution in [0.4, 0.5) is 24.5 Å². The molecule has 0 aliphatic carbocycles. The summed E-state index contributed by atoms with van der Waals surface area (Å²) >= 11 is 5.74. The Kier molecular flexibility index (Phi) is 5.67. The molecule has 8 heteroatoms. The van der Waals surface area contributed by atoms with E-state index in [1.807, 2.05) is 0 Å². The Bertz CT molecular complexity index is 839. The van der Waals surface area contributed by atoms with E-state index < -0.39 is 23.3 Å². The highest BCUT2D eigenvalue weighted by Gasteiger charge is 2.33. The summed E-state index contributed by atoms with van der Waals surface area (Å²) < 4.78 is 38.8. The fourth-order valence-electron chi connectivity index (χ4n) is 1.88. The van der Waals surface area contributed by atoms with E-state index in [4.69, 9.17) is 16.9 Å². The minimum Gasteiger partial charge on any atom is -0.360 e. The molecule has 0 saturated heterocycles. The van der Waals surface area contributed by atoms with Crippen molar-refractivity contribution >= 4 is 28.9 Å². The highest BCUT2D eigenvalue weighted by atomic mass is 35.5. The second-order valence-corrected chi connectivity index (χ2v) is 5.25. The number of halogens is 4. The van der Waals surface area contributed by atoms with E-state index in [0.29, 0.717) is 10.7 Å². The van der Waals surface area contributed by atoms with Gasteiger partial charge in [0.15, 0.2) is 0 Å². The van der Waals surface area contributed by atoms with Crippen LogP contribution in [0.3, 0.4) is 0 Å². The average Bonchev–Trinajstić information content (AvgIpc) is 2.56. The Morgan fingerprint density at radius 1 is 1.12 bits per heavy atom. The third-order valence-corrected chi connectivity index (χ3v) is 3.33. The van der Waals surface area contributed by atoms with Gasteiger partial charge in [-0.15, -0.1) is 0 Å². The maximum atomic E-state index is 12.9. The van der Waals surface area contributed by atoms with Gasteiger partial charge in [0.05, 0.1) is 11.3 Å². The lowest BCUT2D eigenvalue weighted by Gasteiger charge is -2.13. The fourth-order valence-corrected chi connectivity index (χ4v) is 2.01. The average molecular weight is 366 g/mol. The lowest BCUT2D eigenvalue weighted by atomic mass is 10.1. The number of nitrogens with zero attached hydrogens (tertiary/aromatic N) is 1. The number of rotatable bonds is 4. The molecule has 25 heavy (non-hydrogen) atoms. The van der Waals surface area contributed by atoms with E-state index in [1.165, 1.54) is 12.1 Å². The summed E-state index contributed by atoms with van der Waals surface area (Å²) in [6, 6.07) is 12.6. The molecular weight excluding hydrogens is 355 g/mol. The topological polar surface area (TPSA) is 64.9 Å². The molecule has 0 aromatic heterocycles. The third-order valence-electron chi connectivity index (χ3n) is 3.07. The molecule has 0 unspecified atom stereocenters. The Labute approximate surface area is 146 Å². The molecule has 0 bridgehead atoms. The molecule has 0 aliphatic heterocycles. The molecule has 1 amide bonds. The minimum absolute atomic E-state index is 0.382. The van der Waals surface area contributed by atoms with Gasteiger partial charge in [0, 0.05) is 16.9 Å². The predicted molar refractivity (Wildman–Crippen MR) is 88.8 cm³/mol. The van der Waals surface area contributed by atoms with Crippen LogP contribution < -0.4 is 10.6 Å². The molecule has 128 valence electrons. The summed E-state index contributed by atoms with van der Waals surface area (Å²) in [4.78, 5) is 12.1. The van der Waals surface area contributed by atoms with Gasteiger partial charge >= 0.3 is 6.18 Å². The molecule has 2 aromatic rings. The standard InChI is InChI=1S/C17H11ClF3N3O/c18-12-5-7-13(8-6-12)23-10-11(9-22)16(25)24-15-4-2-1-3-14(15)17(19,20)21/h1-8,10,23H,(H,24,25)/b11-10-. The number of nitrogens with one attached hydrogen (secondary N) is 2. The van der Waals surface area contributed by atoms with Gasteiger partial charge in [0.2, 0.25) is 0 Å². The Hall–Kier alpha value is -2.98. The number of alkyl halides is 3. The SMILES string of the molecule is N#C/C(=C/Nc1ccc(Cl)cc1)C(=O)Nc1ccccc1C(F)(F)F. The molecule has 2 aromatic carbocycles. The molecule has 2 N–H and O–H groups in total. The van der Waals surface area contributed by atoms with E-state index in [9.17, 15) is 18.0 Å². The van der Waals surface area contributed by atoms with Gasteiger partial charge in [0.1, 0.15) is 11.6 Å². The lowest BCUT2D eigenvalue weighted by molar-refractivity contribution is -0.137. The number of benzene rings is 2. The van der Waals surface area contributed by atoms with Crippen molar-refractivity contribution in [3.8, 4) is 6.07 Å². The first-order valence-corrected chi connectivity index (χ1v) is 7.29. The van der Waals surface area contributed by atoms with Crippen molar-refractivity contribution in [2.24, 2.45) is 0 Å². The van der Waals surface area contributed by atoms with Crippen LogP contribution >= 0.6 is 11.6 Å². The second-order valence-electron chi connectivity index (χ2n) is 4.82. The second kappa shape index (κ2) is 7.73. The van der Waals surface area contributed by atoms with Crippen molar-refractivity contribution in [2.45, 2.75) is 6.18 Å². The Balaban J connectivity index is 2.17. The normalized spacial score (nSPS) is 11.6. The first-order chi connectivity index (χ1) is 11.8. The first kappa shape index (κ1) is 18.4. The maximum Gasteiger partial charge on any atom is 0.418 e. The molecule has 0 saturated carbocycles. The molecule has 0 aliphatic rings. The number of carbonyl (C=O) groups excluding carboxylic acids is 1. The van der Waals surface area contributed by atoms with Crippen molar-refractivity contribution in [3.63, 3.8) is 0 Å². The summed E-state index contributed by atoms with van der Waals surface area (Å²) in [5.74, 6) is -0.958. The van der Waals surface area contributed by atoms with Crippen LogP contribution in [0.5, 0.6) is 0 Å². The Morgan fingerprint density at radius 3 is 2.36 bits per heavy atom. The first-order valence-electron chi connectivity index (χ1n) is 6.91. The highest BCUT2D eigenvalue weighted by molar-refractivity contribution is 6.30. The number of para-hydroxylation sites is 1. The van der Waals surface area contributed by atoms with Crippen molar-refractivity contribution in [3.05, 3.63) is 70.9 Å². The van der Waals surface area contributed by atoms with Crippen molar-refractivity contribution in [1.29, 1.82) is 5.26 Å². The van der Waals surface area contributed by atoms with Crippen molar-refractivity contribution in [2.75, 3.05) is 10.6 Å². The lowest BCUT2D eigenvalue weighted by Crippen LogP contribution is -2.18. The van der Waals surface area contributed by atoms with Crippen LogP contribution in [0.15, 0.2) is 60.3 Å². The van der Waals surface area contributed by atoms with Crippen molar-refractivity contribution in [1.82, 2.24) is 0 Å². The zero-order chi connectivity index (χ0) is 18.4. The number of carbonyl (C=O) groups is 1. The van der Waals surface area contributed by atoms with Crippen molar-refractivity contribution < 1.29 is 18.0 Å². The molecular formula is C17H11ClF3N3O. The number of hydrogen-bond acceptors (Lipinski definition) is 3. The minimum atomic E-state index is -4.62. The van der Waals surface area contributed by atoms with Gasteiger partial charge in [-0.25, -0.2) is 0 Å². The summed E-state index contributed by atoms with van der Waals surface area (Å²) in [6.07, 6.45) is -3.52. The van der Waals surface area contributed by atoms with Crippen LogP contribution in [-0.2, 0) is 11.0 Å². The number of hydrogen-bond donors (Lipinski definition) is 2. The van der Waals surface area contributed by atoms with Crippen LogP contribution in [0.25, 0.3) is 0 Å². The van der Waals surface area contributed by atoms with Gasteiger partial charge in [0.25, 0.3) is 5.91 Å². The molecule has 4 nitrogen and oxygen atoms in total. The molecule has 0 spiro atoms. The number of anilines is 2. The van der Waals surface area contributed by atoms with E-state index in [0.717, 1.165) is 18.3 Å².